The molecule has 0 saturated carbocycles. The Morgan fingerprint density at radius 1 is 1.17 bits per heavy atom. The highest BCUT2D eigenvalue weighted by Gasteiger charge is 2.23. The zero-order chi connectivity index (χ0) is 18.3. The molecule has 0 saturated heterocycles. The molecule has 24 heavy (non-hydrogen) atoms. The molecule has 2 amide bonds. The second-order valence-electron chi connectivity index (χ2n) is 6.58. The number of nitrogens with one attached hydrogen (secondary N) is 2. The van der Waals surface area contributed by atoms with Crippen LogP contribution in [0.5, 0.6) is 5.75 Å². The number of likely N-dealkylation sites (N-methyl/N-ethyl adjacent to an activating group) is 1. The number of hydrogen-bond donors (Lipinski definition) is 2. The molecule has 6 nitrogen and oxygen atoms in total. The van der Waals surface area contributed by atoms with Gasteiger partial charge in [-0.15, -0.1) is 0 Å². The van der Waals surface area contributed by atoms with Gasteiger partial charge in [-0.2, -0.15) is 0 Å². The van der Waals surface area contributed by atoms with Crippen molar-refractivity contribution in [2.24, 2.45) is 0 Å². The Kier molecular flexibility index (Phi) is 7.71. The van der Waals surface area contributed by atoms with Gasteiger partial charge in [0.05, 0.1) is 14.2 Å². The van der Waals surface area contributed by atoms with Crippen molar-refractivity contribution in [1.82, 2.24) is 4.90 Å². The Morgan fingerprint density at radius 2 is 1.79 bits per heavy atom. The lowest BCUT2D eigenvalue weighted by Gasteiger charge is -2.31. The van der Waals surface area contributed by atoms with Gasteiger partial charge in [0.2, 0.25) is 0 Å². The highest BCUT2D eigenvalue weighted by atomic mass is 16.5. The van der Waals surface area contributed by atoms with Gasteiger partial charge in [0, 0.05) is 23.8 Å². The van der Waals surface area contributed by atoms with E-state index in [1.807, 2.05) is 51.8 Å². The highest BCUT2D eigenvalue weighted by molar-refractivity contribution is 5.91. The molecule has 1 aromatic rings. The molecule has 1 atom stereocenters. The molecule has 0 heterocycles. The van der Waals surface area contributed by atoms with Gasteiger partial charge in [-0.25, -0.2) is 0 Å². The zero-order valence-corrected chi connectivity index (χ0v) is 15.6. The van der Waals surface area contributed by atoms with Crippen LogP contribution in [-0.4, -0.2) is 56.0 Å². The maximum absolute atomic E-state index is 12.4. The van der Waals surface area contributed by atoms with E-state index in [-0.39, 0.29) is 30.4 Å². The van der Waals surface area contributed by atoms with E-state index < -0.39 is 0 Å². The van der Waals surface area contributed by atoms with Crippen LogP contribution in [-0.2, 0) is 9.59 Å². The summed E-state index contributed by atoms with van der Waals surface area (Å²) in [6.45, 7) is 8.53. The summed E-state index contributed by atoms with van der Waals surface area (Å²) in [4.78, 5) is 27.3. The van der Waals surface area contributed by atoms with E-state index in [9.17, 15) is 9.59 Å². The van der Waals surface area contributed by atoms with Crippen LogP contribution in [0.1, 0.15) is 27.7 Å². The van der Waals surface area contributed by atoms with Crippen LogP contribution in [0.2, 0.25) is 0 Å². The number of anilines is 1. The topological polar surface area (TPSA) is 63.1 Å². The fourth-order valence-electron chi connectivity index (χ4n) is 2.76. The van der Waals surface area contributed by atoms with Gasteiger partial charge in [-0.05, 0) is 39.8 Å². The number of carbonyl (C=O) groups excluding carboxylic acids is 2. The normalized spacial score (nSPS) is 12.2. The average molecular weight is 336 g/mol. The summed E-state index contributed by atoms with van der Waals surface area (Å²) in [7, 11) is 3.43. The van der Waals surface area contributed by atoms with Crippen molar-refractivity contribution in [3.63, 3.8) is 0 Å². The van der Waals surface area contributed by atoms with E-state index in [4.69, 9.17) is 4.74 Å². The van der Waals surface area contributed by atoms with Gasteiger partial charge in [0.25, 0.3) is 11.8 Å². The smallest absolute Gasteiger partial charge is 0.279 e. The molecule has 0 bridgehead atoms. The van der Waals surface area contributed by atoms with Gasteiger partial charge in [-0.1, -0.05) is 6.07 Å². The van der Waals surface area contributed by atoms with Crippen molar-refractivity contribution in [2.45, 2.75) is 39.8 Å². The maximum Gasteiger partial charge on any atom is 0.279 e. The molecular weight excluding hydrogens is 306 g/mol. The molecule has 2 N–H and O–H groups in total. The van der Waals surface area contributed by atoms with E-state index >= 15 is 0 Å². The number of methoxy groups -OCH3 is 1. The number of ether oxygens (including phenoxy) is 1. The number of nitrogens with zero attached hydrogens (tertiary/aromatic N) is 1. The summed E-state index contributed by atoms with van der Waals surface area (Å²) >= 11 is 0. The Bertz CT molecular complexity index is 550. The Hall–Kier alpha value is -2.08. The summed E-state index contributed by atoms with van der Waals surface area (Å²) in [6, 6.07) is 7.50. The van der Waals surface area contributed by atoms with E-state index in [0.29, 0.717) is 18.0 Å². The first-order chi connectivity index (χ1) is 11.2. The number of benzene rings is 1. The van der Waals surface area contributed by atoms with E-state index in [1.54, 1.807) is 19.2 Å². The van der Waals surface area contributed by atoms with Crippen molar-refractivity contribution in [2.75, 3.05) is 32.6 Å². The second-order valence-corrected chi connectivity index (χ2v) is 6.58. The zero-order valence-electron chi connectivity index (χ0n) is 15.6. The monoisotopic (exact) mass is 336 g/mol. The average Bonchev–Trinajstić information content (AvgIpc) is 2.45. The van der Waals surface area contributed by atoms with E-state index in [2.05, 4.69) is 5.32 Å². The number of amides is 2. The van der Waals surface area contributed by atoms with Gasteiger partial charge < -0.3 is 19.9 Å². The SMILES string of the molecule is COc1cccc(NC(=O)C[NH+](C)CC(=O)N(C(C)C)C(C)C)c1. The molecule has 0 aromatic heterocycles. The summed E-state index contributed by atoms with van der Waals surface area (Å²) in [5.41, 5.74) is 0.685. The van der Waals surface area contributed by atoms with E-state index in [1.165, 1.54) is 0 Å². The van der Waals surface area contributed by atoms with Crippen molar-refractivity contribution >= 4 is 17.5 Å². The molecule has 1 rings (SSSR count). The van der Waals surface area contributed by atoms with Crippen molar-refractivity contribution < 1.29 is 19.2 Å². The fourth-order valence-corrected chi connectivity index (χ4v) is 2.76. The summed E-state index contributed by atoms with van der Waals surface area (Å²) in [5, 5.41) is 2.83. The number of quaternary nitrogens is 1. The van der Waals surface area contributed by atoms with Crippen LogP contribution >= 0.6 is 0 Å². The van der Waals surface area contributed by atoms with Crippen molar-refractivity contribution in [3.05, 3.63) is 24.3 Å². The minimum absolute atomic E-state index is 0.0617. The molecule has 0 radical (unpaired) electrons. The van der Waals surface area contributed by atoms with Gasteiger partial charge in [0.1, 0.15) is 5.75 Å². The summed E-state index contributed by atoms with van der Waals surface area (Å²) in [5.74, 6) is 0.620. The van der Waals surface area contributed by atoms with Gasteiger partial charge in [0.15, 0.2) is 13.1 Å². The largest absolute Gasteiger partial charge is 0.497 e. The molecular formula is C18H30N3O3+. The molecule has 0 spiro atoms. The van der Waals surface area contributed by atoms with Gasteiger partial charge >= 0.3 is 0 Å². The summed E-state index contributed by atoms with van der Waals surface area (Å²) in [6.07, 6.45) is 0. The highest BCUT2D eigenvalue weighted by Crippen LogP contribution is 2.16. The molecule has 1 unspecified atom stereocenters. The first-order valence-electron chi connectivity index (χ1n) is 8.31. The minimum Gasteiger partial charge on any atom is -0.497 e. The van der Waals surface area contributed by atoms with Crippen LogP contribution in [0.15, 0.2) is 24.3 Å². The molecule has 134 valence electrons. The van der Waals surface area contributed by atoms with Crippen LogP contribution in [0.25, 0.3) is 0 Å². The third kappa shape index (κ3) is 6.20. The first kappa shape index (κ1) is 20.0. The third-order valence-corrected chi connectivity index (χ3v) is 3.67. The molecule has 6 heteroatoms. The lowest BCUT2D eigenvalue weighted by molar-refractivity contribution is -0.862. The van der Waals surface area contributed by atoms with Crippen molar-refractivity contribution in [3.8, 4) is 5.75 Å². The summed E-state index contributed by atoms with van der Waals surface area (Å²) < 4.78 is 5.13. The quantitative estimate of drug-likeness (QED) is 0.738. The number of carbonyl (C=O) groups is 2. The first-order valence-corrected chi connectivity index (χ1v) is 8.31. The molecule has 0 aliphatic carbocycles. The Labute approximate surface area is 144 Å². The van der Waals surface area contributed by atoms with Gasteiger partial charge in [-0.3, -0.25) is 9.59 Å². The van der Waals surface area contributed by atoms with Crippen LogP contribution in [0.3, 0.4) is 0 Å². The molecule has 1 aromatic carbocycles. The standard InChI is InChI=1S/C18H29N3O3/c1-13(2)21(14(3)4)18(23)12-20(5)11-17(22)19-15-8-7-9-16(10-15)24-6/h7-10,13-14H,11-12H2,1-6H3,(H,19,22)/p+1. The predicted octanol–water partition coefficient (Wildman–Crippen LogP) is 0.794. The van der Waals surface area contributed by atoms with Crippen LogP contribution in [0, 0.1) is 0 Å². The lowest BCUT2D eigenvalue weighted by atomic mass is 10.2. The Morgan fingerprint density at radius 3 is 2.33 bits per heavy atom. The van der Waals surface area contributed by atoms with E-state index in [0.717, 1.165) is 4.90 Å². The molecule has 0 aliphatic heterocycles. The Balaban J connectivity index is 2.55. The lowest BCUT2D eigenvalue weighted by Crippen LogP contribution is -3.11. The van der Waals surface area contributed by atoms with Crippen LogP contribution in [0.4, 0.5) is 5.69 Å². The second kappa shape index (κ2) is 9.27. The van der Waals surface area contributed by atoms with Crippen molar-refractivity contribution in [1.29, 1.82) is 0 Å². The third-order valence-electron chi connectivity index (χ3n) is 3.67. The number of hydrogen-bond acceptors (Lipinski definition) is 3. The number of rotatable bonds is 8. The molecule has 0 aliphatic rings. The predicted molar refractivity (Wildman–Crippen MR) is 95.4 cm³/mol. The molecule has 0 fully saturated rings. The maximum atomic E-state index is 12.4. The minimum atomic E-state index is -0.130. The van der Waals surface area contributed by atoms with Crippen LogP contribution < -0.4 is 15.0 Å². The fraction of sp³-hybridized carbons (Fsp3) is 0.556.